The van der Waals surface area contributed by atoms with E-state index in [1.165, 1.54) is 0 Å². The number of nitrogens with zero attached hydrogens (tertiary/aromatic N) is 2. The molecule has 1 amide bonds. The van der Waals surface area contributed by atoms with E-state index in [2.05, 4.69) is 17.0 Å². The summed E-state index contributed by atoms with van der Waals surface area (Å²) in [5.74, 6) is 0.00234. The summed E-state index contributed by atoms with van der Waals surface area (Å²) >= 11 is 0. The highest BCUT2D eigenvalue weighted by molar-refractivity contribution is 5.98. The number of ether oxygens (including phenoxy) is 1. The van der Waals surface area contributed by atoms with Crippen LogP contribution >= 0.6 is 0 Å². The van der Waals surface area contributed by atoms with Crippen molar-refractivity contribution in [1.29, 1.82) is 0 Å². The number of aryl methyl sites for hydroxylation is 2. The quantitative estimate of drug-likeness (QED) is 0.671. The smallest absolute Gasteiger partial charge is 0.223 e. The largest absolute Gasteiger partial charge is 0.378 e. The van der Waals surface area contributed by atoms with Crippen LogP contribution in [0.15, 0.2) is 42.5 Å². The van der Waals surface area contributed by atoms with Crippen molar-refractivity contribution >= 4 is 17.4 Å². The van der Waals surface area contributed by atoms with Gasteiger partial charge in [0, 0.05) is 50.8 Å². The highest BCUT2D eigenvalue weighted by Crippen LogP contribution is 2.23. The van der Waals surface area contributed by atoms with Gasteiger partial charge in [-0.05, 0) is 42.7 Å². The molecule has 0 saturated carbocycles. The average Bonchev–Trinajstić information content (AvgIpc) is 2.74. The third kappa shape index (κ3) is 5.45. The van der Waals surface area contributed by atoms with Crippen LogP contribution in [-0.2, 0) is 16.1 Å². The molecule has 5 nitrogen and oxygen atoms in total. The number of para-hydroxylation sites is 1. The van der Waals surface area contributed by atoms with Crippen molar-refractivity contribution in [3.8, 4) is 0 Å². The first-order valence-electron chi connectivity index (χ1n) is 10.2. The number of Topliss-reactive ketones (excluding diaryl/α,β-unsaturated/α-hetero) is 1. The summed E-state index contributed by atoms with van der Waals surface area (Å²) in [5.41, 5.74) is 5.21. The molecule has 1 fully saturated rings. The number of amides is 1. The second-order valence-electron chi connectivity index (χ2n) is 7.70. The van der Waals surface area contributed by atoms with Crippen LogP contribution in [0.5, 0.6) is 0 Å². The van der Waals surface area contributed by atoms with E-state index >= 15 is 0 Å². The molecule has 0 spiro atoms. The van der Waals surface area contributed by atoms with Crippen molar-refractivity contribution in [2.45, 2.75) is 33.2 Å². The molecular weight excluding hydrogens is 364 g/mol. The number of anilines is 1. The summed E-state index contributed by atoms with van der Waals surface area (Å²) in [6.07, 6.45) is 0.457. The molecule has 0 aliphatic carbocycles. The minimum atomic E-state index is -0.0148. The van der Waals surface area contributed by atoms with Gasteiger partial charge in [-0.15, -0.1) is 0 Å². The first-order chi connectivity index (χ1) is 14.0. The lowest BCUT2D eigenvalue weighted by Gasteiger charge is -2.31. The number of hydrogen-bond donors (Lipinski definition) is 0. The molecule has 0 aromatic heterocycles. The SMILES string of the molecule is Cc1ccc(C(=O)CCC(=O)N(C)Cc2ccccc2N2CCOCC2)cc1C. The predicted molar refractivity (Wildman–Crippen MR) is 115 cm³/mol. The maximum Gasteiger partial charge on any atom is 0.223 e. The predicted octanol–water partition coefficient (Wildman–Crippen LogP) is 3.76. The molecule has 1 saturated heterocycles. The van der Waals surface area contributed by atoms with E-state index in [4.69, 9.17) is 4.74 Å². The highest BCUT2D eigenvalue weighted by atomic mass is 16.5. The second-order valence-corrected chi connectivity index (χ2v) is 7.70. The standard InChI is InChI=1S/C24H30N2O3/c1-18-8-9-20(16-19(18)2)23(27)10-11-24(28)25(3)17-21-6-4-5-7-22(21)26-12-14-29-15-13-26/h4-9,16H,10-15,17H2,1-3H3. The number of carbonyl (C=O) groups excluding carboxylic acids is 2. The summed E-state index contributed by atoms with van der Waals surface area (Å²) in [4.78, 5) is 29.1. The van der Waals surface area contributed by atoms with Crippen LogP contribution in [0.2, 0.25) is 0 Å². The van der Waals surface area contributed by atoms with E-state index in [1.54, 1.807) is 11.9 Å². The molecule has 1 aliphatic rings. The van der Waals surface area contributed by atoms with Crippen molar-refractivity contribution in [2.24, 2.45) is 0 Å². The molecule has 1 aliphatic heterocycles. The van der Waals surface area contributed by atoms with E-state index in [0.29, 0.717) is 12.1 Å². The van der Waals surface area contributed by atoms with Gasteiger partial charge in [0.2, 0.25) is 5.91 Å². The van der Waals surface area contributed by atoms with Crippen LogP contribution in [0.25, 0.3) is 0 Å². The van der Waals surface area contributed by atoms with Crippen LogP contribution in [0.1, 0.15) is 39.9 Å². The minimum absolute atomic E-state index is 0.0148. The van der Waals surface area contributed by atoms with E-state index in [0.717, 1.165) is 48.7 Å². The molecule has 0 N–H and O–H groups in total. The molecule has 29 heavy (non-hydrogen) atoms. The van der Waals surface area contributed by atoms with Crippen molar-refractivity contribution in [3.63, 3.8) is 0 Å². The summed E-state index contributed by atoms with van der Waals surface area (Å²) in [7, 11) is 1.80. The Balaban J connectivity index is 1.58. The second kappa shape index (κ2) is 9.70. The summed E-state index contributed by atoms with van der Waals surface area (Å²) in [6, 6.07) is 13.9. The van der Waals surface area contributed by atoms with Gasteiger partial charge in [-0.1, -0.05) is 30.3 Å². The average molecular weight is 395 g/mol. The number of morpholine rings is 1. The molecule has 3 rings (SSSR count). The van der Waals surface area contributed by atoms with Crippen molar-refractivity contribution in [1.82, 2.24) is 4.90 Å². The number of carbonyl (C=O) groups is 2. The van der Waals surface area contributed by atoms with Gasteiger partial charge in [-0.2, -0.15) is 0 Å². The van der Waals surface area contributed by atoms with E-state index in [1.807, 2.05) is 44.2 Å². The fourth-order valence-electron chi connectivity index (χ4n) is 3.57. The van der Waals surface area contributed by atoms with Crippen LogP contribution in [-0.4, -0.2) is 49.9 Å². The topological polar surface area (TPSA) is 49.9 Å². The summed E-state index contributed by atoms with van der Waals surface area (Å²) in [6.45, 7) is 7.73. The molecule has 0 radical (unpaired) electrons. The first kappa shape index (κ1) is 21.1. The number of hydrogen-bond acceptors (Lipinski definition) is 4. The van der Waals surface area contributed by atoms with Gasteiger partial charge < -0.3 is 14.5 Å². The zero-order chi connectivity index (χ0) is 20.8. The normalized spacial score (nSPS) is 14.0. The third-order valence-electron chi connectivity index (χ3n) is 5.57. The fourth-order valence-corrected chi connectivity index (χ4v) is 3.57. The lowest BCUT2D eigenvalue weighted by molar-refractivity contribution is -0.130. The van der Waals surface area contributed by atoms with Crippen LogP contribution in [0.3, 0.4) is 0 Å². The molecule has 0 atom stereocenters. The Morgan fingerprint density at radius 2 is 1.72 bits per heavy atom. The van der Waals surface area contributed by atoms with Crippen molar-refractivity contribution in [3.05, 3.63) is 64.7 Å². The lowest BCUT2D eigenvalue weighted by atomic mass is 10.0. The molecule has 0 bridgehead atoms. The monoisotopic (exact) mass is 394 g/mol. The number of ketones is 1. The fraction of sp³-hybridized carbons (Fsp3) is 0.417. The Labute approximate surface area is 173 Å². The molecule has 1 heterocycles. The van der Waals surface area contributed by atoms with Crippen molar-refractivity contribution < 1.29 is 14.3 Å². The Bertz CT molecular complexity index is 872. The summed E-state index contributed by atoms with van der Waals surface area (Å²) in [5, 5.41) is 0. The van der Waals surface area contributed by atoms with Gasteiger partial charge in [-0.25, -0.2) is 0 Å². The third-order valence-corrected chi connectivity index (χ3v) is 5.57. The Hall–Kier alpha value is -2.66. The molecule has 0 unspecified atom stereocenters. The molecule has 2 aromatic carbocycles. The Kier molecular flexibility index (Phi) is 7.04. The van der Waals surface area contributed by atoms with E-state index < -0.39 is 0 Å². The van der Waals surface area contributed by atoms with Gasteiger partial charge in [0.15, 0.2) is 5.78 Å². The number of benzene rings is 2. The van der Waals surface area contributed by atoms with Crippen LogP contribution < -0.4 is 4.90 Å². The Morgan fingerprint density at radius 1 is 1.00 bits per heavy atom. The van der Waals surface area contributed by atoms with Crippen molar-refractivity contribution in [2.75, 3.05) is 38.3 Å². The van der Waals surface area contributed by atoms with E-state index in [9.17, 15) is 9.59 Å². The summed E-state index contributed by atoms with van der Waals surface area (Å²) < 4.78 is 5.45. The maximum absolute atomic E-state index is 12.6. The maximum atomic E-state index is 12.6. The zero-order valence-corrected chi connectivity index (χ0v) is 17.6. The van der Waals surface area contributed by atoms with Crippen LogP contribution in [0.4, 0.5) is 5.69 Å². The van der Waals surface area contributed by atoms with Gasteiger partial charge in [0.25, 0.3) is 0 Å². The zero-order valence-electron chi connectivity index (χ0n) is 17.6. The van der Waals surface area contributed by atoms with Crippen LogP contribution in [0, 0.1) is 13.8 Å². The Morgan fingerprint density at radius 3 is 2.45 bits per heavy atom. The van der Waals surface area contributed by atoms with Gasteiger partial charge in [0.05, 0.1) is 13.2 Å². The molecule has 5 heteroatoms. The van der Waals surface area contributed by atoms with Gasteiger partial charge in [-0.3, -0.25) is 9.59 Å². The van der Waals surface area contributed by atoms with Gasteiger partial charge >= 0.3 is 0 Å². The van der Waals surface area contributed by atoms with E-state index in [-0.39, 0.29) is 24.5 Å². The highest BCUT2D eigenvalue weighted by Gasteiger charge is 2.18. The molecule has 2 aromatic rings. The number of rotatable bonds is 7. The molecular formula is C24H30N2O3. The van der Waals surface area contributed by atoms with Gasteiger partial charge in [0.1, 0.15) is 0 Å². The lowest BCUT2D eigenvalue weighted by Crippen LogP contribution is -2.37. The molecule has 154 valence electrons. The minimum Gasteiger partial charge on any atom is -0.378 e. The first-order valence-corrected chi connectivity index (χ1v) is 10.2.